The van der Waals surface area contributed by atoms with E-state index in [4.69, 9.17) is 0 Å². The quantitative estimate of drug-likeness (QED) is 0.531. The van der Waals surface area contributed by atoms with Crippen LogP contribution in [0.15, 0.2) is 28.0 Å². The van der Waals surface area contributed by atoms with Crippen LogP contribution in [-0.4, -0.2) is 12.0 Å². The van der Waals surface area contributed by atoms with E-state index >= 15 is 0 Å². The maximum absolute atomic E-state index is 3.20. The molecule has 0 aliphatic heterocycles. The maximum atomic E-state index is 3.20. The SMILES string of the molecule is CCCCSc1cc[c]c(SC)c1. The van der Waals surface area contributed by atoms with Gasteiger partial charge in [0, 0.05) is 9.79 Å². The average Bonchev–Trinajstić information content (AvgIpc) is 2.19. The molecule has 1 rings (SSSR count). The molecule has 0 unspecified atom stereocenters. The maximum Gasteiger partial charge on any atom is 0.0159 e. The van der Waals surface area contributed by atoms with Crippen molar-refractivity contribution in [2.75, 3.05) is 12.0 Å². The average molecular weight is 211 g/mol. The number of hydrogen-bond acceptors (Lipinski definition) is 2. The minimum atomic E-state index is 1.23. The Bertz CT molecular complexity index is 246. The third kappa shape index (κ3) is 4.10. The van der Waals surface area contributed by atoms with Crippen LogP contribution in [0.2, 0.25) is 0 Å². The van der Waals surface area contributed by atoms with E-state index in [9.17, 15) is 0 Å². The van der Waals surface area contributed by atoms with Crippen molar-refractivity contribution in [3.63, 3.8) is 0 Å². The molecule has 0 aliphatic rings. The summed E-state index contributed by atoms with van der Waals surface area (Å²) in [6, 6.07) is 9.56. The summed E-state index contributed by atoms with van der Waals surface area (Å²) in [6.07, 6.45) is 4.67. The Morgan fingerprint density at radius 3 is 3.00 bits per heavy atom. The van der Waals surface area contributed by atoms with Crippen LogP contribution in [-0.2, 0) is 0 Å². The molecule has 13 heavy (non-hydrogen) atoms. The molecule has 0 aromatic heterocycles. The lowest BCUT2D eigenvalue weighted by atomic mass is 10.4. The molecule has 1 aromatic carbocycles. The summed E-state index contributed by atoms with van der Waals surface area (Å²) >= 11 is 3.69. The summed E-state index contributed by atoms with van der Waals surface area (Å²) in [6.45, 7) is 2.23. The first-order chi connectivity index (χ1) is 6.36. The van der Waals surface area contributed by atoms with Crippen molar-refractivity contribution >= 4 is 23.5 Å². The fourth-order valence-electron chi connectivity index (χ4n) is 0.967. The van der Waals surface area contributed by atoms with E-state index in [0.717, 1.165) is 0 Å². The highest BCUT2D eigenvalue weighted by Crippen LogP contribution is 2.23. The molecule has 0 bridgehead atoms. The topological polar surface area (TPSA) is 0 Å². The second kappa shape index (κ2) is 6.39. The molecule has 1 aromatic rings. The van der Waals surface area contributed by atoms with Gasteiger partial charge >= 0.3 is 0 Å². The molecule has 0 spiro atoms. The molecule has 0 aliphatic carbocycles. The molecule has 71 valence electrons. The van der Waals surface area contributed by atoms with Crippen molar-refractivity contribution in [1.82, 2.24) is 0 Å². The summed E-state index contributed by atoms with van der Waals surface area (Å²) in [5, 5.41) is 0. The zero-order valence-corrected chi connectivity index (χ0v) is 9.80. The second-order valence-corrected chi connectivity index (χ2v) is 4.81. The highest BCUT2D eigenvalue weighted by atomic mass is 32.2. The molecule has 0 heterocycles. The van der Waals surface area contributed by atoms with E-state index in [0.29, 0.717) is 0 Å². The van der Waals surface area contributed by atoms with Gasteiger partial charge in [0.2, 0.25) is 0 Å². The predicted octanol–water partition coefficient (Wildman–Crippen LogP) is 4.10. The first kappa shape index (κ1) is 11.0. The van der Waals surface area contributed by atoms with Crippen LogP contribution in [0.25, 0.3) is 0 Å². The normalized spacial score (nSPS) is 10.3. The molecule has 2 heteroatoms. The van der Waals surface area contributed by atoms with Crippen LogP contribution in [0.5, 0.6) is 0 Å². The molecule has 0 saturated carbocycles. The van der Waals surface area contributed by atoms with Gasteiger partial charge in [-0.15, -0.1) is 23.5 Å². The number of unbranched alkanes of at least 4 members (excludes halogenated alkanes) is 1. The van der Waals surface area contributed by atoms with Crippen molar-refractivity contribution in [2.45, 2.75) is 29.6 Å². The Kier molecular flexibility index (Phi) is 5.40. The van der Waals surface area contributed by atoms with Crippen LogP contribution < -0.4 is 0 Å². The Labute approximate surface area is 89.5 Å². The monoisotopic (exact) mass is 211 g/mol. The van der Waals surface area contributed by atoms with Gasteiger partial charge in [0.15, 0.2) is 0 Å². The molecular formula is C11H15S2. The number of rotatable bonds is 5. The Morgan fingerprint density at radius 1 is 1.46 bits per heavy atom. The molecular weight excluding hydrogens is 196 g/mol. The summed E-state index contributed by atoms with van der Waals surface area (Å²) in [5.41, 5.74) is 0. The van der Waals surface area contributed by atoms with Gasteiger partial charge in [-0.05, 0) is 36.6 Å². The summed E-state index contributed by atoms with van der Waals surface area (Å²) in [4.78, 5) is 2.61. The van der Waals surface area contributed by atoms with Crippen LogP contribution in [0.4, 0.5) is 0 Å². The van der Waals surface area contributed by atoms with Crippen molar-refractivity contribution in [3.05, 3.63) is 24.3 Å². The van der Waals surface area contributed by atoms with Gasteiger partial charge in [-0.25, -0.2) is 0 Å². The zero-order valence-electron chi connectivity index (χ0n) is 8.17. The molecule has 0 N–H and O–H groups in total. The van der Waals surface area contributed by atoms with Gasteiger partial charge < -0.3 is 0 Å². The smallest absolute Gasteiger partial charge is 0.0159 e. The summed E-state index contributed by atoms with van der Waals surface area (Å²) in [7, 11) is 0. The number of thioether (sulfide) groups is 2. The van der Waals surface area contributed by atoms with Gasteiger partial charge in [0.25, 0.3) is 0 Å². The Morgan fingerprint density at radius 2 is 2.31 bits per heavy atom. The summed E-state index contributed by atoms with van der Waals surface area (Å²) in [5.74, 6) is 1.23. The minimum Gasteiger partial charge on any atom is -0.129 e. The van der Waals surface area contributed by atoms with Gasteiger partial charge in [-0.1, -0.05) is 19.4 Å². The highest BCUT2D eigenvalue weighted by Gasteiger charge is 1.95. The standard InChI is InChI=1S/C11H15S2/c1-3-4-8-13-11-7-5-6-10(9-11)12-2/h5,7,9H,3-4,8H2,1-2H3. The van der Waals surface area contributed by atoms with Crippen LogP contribution in [0.3, 0.4) is 0 Å². The van der Waals surface area contributed by atoms with Crippen molar-refractivity contribution in [3.8, 4) is 0 Å². The van der Waals surface area contributed by atoms with Crippen molar-refractivity contribution in [2.24, 2.45) is 0 Å². The Balaban J connectivity index is 2.46. The van der Waals surface area contributed by atoms with Crippen LogP contribution in [0.1, 0.15) is 19.8 Å². The third-order valence-corrected chi connectivity index (χ3v) is 3.49. The van der Waals surface area contributed by atoms with E-state index in [-0.39, 0.29) is 0 Å². The van der Waals surface area contributed by atoms with E-state index in [1.165, 1.54) is 28.4 Å². The zero-order chi connectivity index (χ0) is 9.52. The van der Waals surface area contributed by atoms with Crippen molar-refractivity contribution < 1.29 is 0 Å². The third-order valence-electron chi connectivity index (χ3n) is 1.73. The van der Waals surface area contributed by atoms with Crippen LogP contribution in [0, 0.1) is 6.07 Å². The number of benzene rings is 1. The van der Waals surface area contributed by atoms with E-state index in [1.807, 2.05) is 17.8 Å². The van der Waals surface area contributed by atoms with Crippen molar-refractivity contribution in [1.29, 1.82) is 0 Å². The largest absolute Gasteiger partial charge is 0.129 e. The van der Waals surface area contributed by atoms with E-state index in [2.05, 4.69) is 31.4 Å². The van der Waals surface area contributed by atoms with E-state index in [1.54, 1.807) is 11.8 Å². The van der Waals surface area contributed by atoms with Gasteiger partial charge in [-0.2, -0.15) is 0 Å². The fraction of sp³-hybridized carbons (Fsp3) is 0.455. The lowest BCUT2D eigenvalue weighted by Gasteiger charge is -2.01. The number of hydrogen-bond donors (Lipinski definition) is 0. The van der Waals surface area contributed by atoms with Gasteiger partial charge in [0.1, 0.15) is 0 Å². The second-order valence-electron chi connectivity index (χ2n) is 2.79. The van der Waals surface area contributed by atoms with Gasteiger partial charge in [0.05, 0.1) is 0 Å². The highest BCUT2D eigenvalue weighted by molar-refractivity contribution is 7.99. The molecule has 0 nitrogen and oxygen atoms in total. The molecule has 0 fully saturated rings. The molecule has 1 radical (unpaired) electrons. The summed E-state index contributed by atoms with van der Waals surface area (Å²) < 4.78 is 0. The fourth-order valence-corrected chi connectivity index (χ4v) is 2.51. The predicted molar refractivity (Wildman–Crippen MR) is 62.7 cm³/mol. The molecule has 0 saturated heterocycles. The van der Waals surface area contributed by atoms with E-state index < -0.39 is 0 Å². The minimum absolute atomic E-state index is 1.23. The Hall–Kier alpha value is -0.0800. The molecule has 0 atom stereocenters. The van der Waals surface area contributed by atoms with Gasteiger partial charge in [-0.3, -0.25) is 0 Å². The lowest BCUT2D eigenvalue weighted by molar-refractivity contribution is 0.896. The lowest BCUT2D eigenvalue weighted by Crippen LogP contribution is -1.79. The molecule has 0 amide bonds. The first-order valence-electron chi connectivity index (χ1n) is 4.55. The first-order valence-corrected chi connectivity index (χ1v) is 6.76. The van der Waals surface area contributed by atoms with Crippen LogP contribution >= 0.6 is 23.5 Å².